The van der Waals surface area contributed by atoms with Crippen molar-refractivity contribution in [1.29, 1.82) is 0 Å². The average Bonchev–Trinajstić information content (AvgIpc) is 2.22. The molecule has 0 spiro atoms. The van der Waals surface area contributed by atoms with Gasteiger partial charge in [-0.3, -0.25) is 0 Å². The first-order chi connectivity index (χ1) is 8.16. The minimum absolute atomic E-state index is 0. The maximum absolute atomic E-state index is 3.48. The Labute approximate surface area is 190 Å². The van der Waals surface area contributed by atoms with E-state index in [2.05, 4.69) is 76.4 Å². The van der Waals surface area contributed by atoms with Gasteiger partial charge in [0.1, 0.15) is 0 Å². The van der Waals surface area contributed by atoms with E-state index in [1.807, 2.05) is 0 Å². The van der Waals surface area contributed by atoms with Gasteiger partial charge >= 0.3 is 0 Å². The van der Waals surface area contributed by atoms with E-state index in [1.54, 1.807) is 0 Å². The molecule has 4 heteroatoms. The van der Waals surface area contributed by atoms with Crippen LogP contribution in [0.15, 0.2) is 24.3 Å². The lowest BCUT2D eigenvalue weighted by molar-refractivity contribution is 0.442. The van der Waals surface area contributed by atoms with Gasteiger partial charge < -0.3 is 55.2 Å². The van der Waals surface area contributed by atoms with Crippen LogP contribution in [0, 0.1) is 55.4 Å². The molecule has 1 rings (SSSR count). The molecule has 0 heterocycles. The molecule has 0 unspecified atom stereocenters. The van der Waals surface area contributed by atoms with Gasteiger partial charge in [-0.2, -0.15) is 0 Å². The van der Waals surface area contributed by atoms with E-state index in [1.165, 1.54) is 11.4 Å². The highest BCUT2D eigenvalue weighted by Crippen LogP contribution is 2.20. The molecule has 0 saturated heterocycles. The highest BCUT2D eigenvalue weighted by Gasteiger charge is 2.11. The fourth-order valence-corrected chi connectivity index (χ4v) is 1.47. The number of benzene rings is 1. The molecule has 2 nitrogen and oxygen atoms in total. The van der Waals surface area contributed by atoms with Gasteiger partial charge in [0.25, 0.3) is 0 Å². The van der Waals surface area contributed by atoms with E-state index in [0.717, 1.165) is 13.1 Å². The van der Waals surface area contributed by atoms with Crippen molar-refractivity contribution in [2.24, 2.45) is 10.8 Å². The summed E-state index contributed by atoms with van der Waals surface area (Å²) in [5, 5.41) is 6.96. The molecule has 0 bridgehead atoms. The second-order valence-corrected chi connectivity index (χ2v) is 7.41. The van der Waals surface area contributed by atoms with Gasteiger partial charge in [0.2, 0.25) is 0 Å². The average molecular weight is 393 g/mol. The molecule has 1 aromatic rings. The Morgan fingerprint density at radius 1 is 0.615 bits per heavy atom. The smallest absolute Gasteiger partial charge is 0.0361 e. The first kappa shape index (κ1) is 50.1. The maximum atomic E-state index is 3.48. The van der Waals surface area contributed by atoms with Crippen molar-refractivity contribution in [1.82, 2.24) is 0 Å². The summed E-state index contributed by atoms with van der Waals surface area (Å²) >= 11 is 0. The topological polar surface area (TPSA) is 24.1 Å². The monoisotopic (exact) mass is 392 g/mol. The van der Waals surface area contributed by atoms with E-state index in [9.17, 15) is 0 Å². The quantitative estimate of drug-likeness (QED) is 0.449. The summed E-state index contributed by atoms with van der Waals surface area (Å²) in [5.41, 5.74) is 2.97. The SMILES string of the molecule is CC(C)(C)CNc1cccc(NCC(C)(C)C)c1.[Al].[Al].[CH3-].[CH3-].[CH3-].[CH3-].[CH3-].[CH3-]. The van der Waals surface area contributed by atoms with Crippen LogP contribution >= 0.6 is 0 Å². The Hall–Kier alpha value is -0.115. The fourth-order valence-electron chi connectivity index (χ4n) is 1.47. The Morgan fingerprint density at radius 2 is 0.885 bits per heavy atom. The van der Waals surface area contributed by atoms with Crippen LogP contribution in [0.1, 0.15) is 41.5 Å². The van der Waals surface area contributed by atoms with Crippen molar-refractivity contribution < 1.29 is 0 Å². The van der Waals surface area contributed by atoms with Crippen LogP contribution < -0.4 is 10.6 Å². The molecular weight excluding hydrogens is 346 g/mol. The van der Waals surface area contributed by atoms with Gasteiger partial charge in [-0.05, 0) is 29.0 Å². The van der Waals surface area contributed by atoms with Gasteiger partial charge in [-0.25, -0.2) is 0 Å². The highest BCUT2D eigenvalue weighted by atomic mass is 27.0. The molecule has 2 N–H and O–H groups in total. The van der Waals surface area contributed by atoms with Crippen molar-refractivity contribution in [2.75, 3.05) is 23.7 Å². The molecule has 0 atom stereocenters. The third kappa shape index (κ3) is 26.1. The van der Waals surface area contributed by atoms with Gasteiger partial charge in [0.15, 0.2) is 0 Å². The number of anilines is 2. The van der Waals surface area contributed by atoms with Gasteiger partial charge in [-0.1, -0.05) is 47.6 Å². The van der Waals surface area contributed by atoms with Crippen molar-refractivity contribution in [3.8, 4) is 0 Å². The minimum Gasteiger partial charge on any atom is -0.384 e. The predicted molar refractivity (Wildman–Crippen MR) is 132 cm³/mol. The Bertz CT molecular complexity index is 347. The lowest BCUT2D eigenvalue weighted by Gasteiger charge is -2.21. The first-order valence-electron chi connectivity index (χ1n) is 6.74. The molecule has 156 valence electrons. The molecule has 0 aliphatic carbocycles. The standard InChI is InChI=1S/C16H28N2.6CH3.2Al/c1-15(2,3)11-17-13-8-7-9-14(10-13)18-12-16(4,5)6;;;;;;;;/h7-10,17-18H,11-12H2,1-6H3;6*1H3;;/q;6*-1;;. The highest BCUT2D eigenvalue weighted by molar-refractivity contribution is 5.76. The van der Waals surface area contributed by atoms with E-state index in [0.29, 0.717) is 10.8 Å². The largest absolute Gasteiger partial charge is 0.384 e. The predicted octanol–water partition coefficient (Wildman–Crippen LogP) is 6.54. The summed E-state index contributed by atoms with van der Waals surface area (Å²) in [6.45, 7) is 15.4. The zero-order valence-corrected chi connectivity index (χ0v) is 22.2. The van der Waals surface area contributed by atoms with Crippen LogP contribution in [0.3, 0.4) is 0 Å². The van der Waals surface area contributed by atoms with E-state index in [-0.39, 0.29) is 79.3 Å². The molecule has 6 radical (unpaired) electrons. The van der Waals surface area contributed by atoms with Crippen LogP contribution in [0.4, 0.5) is 11.4 Å². The van der Waals surface area contributed by atoms with E-state index < -0.39 is 0 Å². The molecule has 1 aromatic carbocycles. The molecule has 0 saturated carbocycles. The maximum Gasteiger partial charge on any atom is 0.0361 e. The Balaban J connectivity index is -0.0000000675. The molecule has 0 aliphatic heterocycles. The Morgan fingerprint density at radius 3 is 1.12 bits per heavy atom. The van der Waals surface area contributed by atoms with Crippen LogP contribution in [0.2, 0.25) is 0 Å². The first-order valence-corrected chi connectivity index (χ1v) is 6.74. The minimum atomic E-state index is 0. The zero-order chi connectivity index (χ0) is 13.8. The number of rotatable bonds is 4. The molecule has 0 amide bonds. The summed E-state index contributed by atoms with van der Waals surface area (Å²) in [6.07, 6.45) is 0. The van der Waals surface area contributed by atoms with Crippen LogP contribution in [0.5, 0.6) is 0 Å². The third-order valence-corrected chi connectivity index (χ3v) is 2.51. The normalized spacial score (nSPS) is 8.54. The zero-order valence-electron chi connectivity index (χ0n) is 19.9. The van der Waals surface area contributed by atoms with Gasteiger partial charge in [0, 0.05) is 59.2 Å². The molecule has 0 aromatic heterocycles. The number of nitrogens with one attached hydrogen (secondary N) is 2. The fraction of sp³-hybridized carbons (Fsp3) is 0.455. The summed E-state index contributed by atoms with van der Waals surface area (Å²) in [6, 6.07) is 8.51. The van der Waals surface area contributed by atoms with Crippen molar-refractivity contribution in [2.45, 2.75) is 41.5 Å². The lowest BCUT2D eigenvalue weighted by Crippen LogP contribution is -2.20. The molecule has 26 heavy (non-hydrogen) atoms. The number of hydrogen-bond donors (Lipinski definition) is 2. The van der Waals surface area contributed by atoms with Crippen molar-refractivity contribution >= 4 is 46.1 Å². The Kier molecular flexibility index (Phi) is 40.8. The van der Waals surface area contributed by atoms with Gasteiger partial charge in [-0.15, -0.1) is 0 Å². The van der Waals surface area contributed by atoms with Crippen LogP contribution in [0.25, 0.3) is 0 Å². The second-order valence-electron chi connectivity index (χ2n) is 7.41. The second kappa shape index (κ2) is 21.2. The molecule has 0 aliphatic rings. The molecule has 0 fully saturated rings. The molecular formula is C22H46Al2N2-6. The summed E-state index contributed by atoms with van der Waals surface area (Å²) in [4.78, 5) is 0. The van der Waals surface area contributed by atoms with Gasteiger partial charge in [0.05, 0.1) is 0 Å². The van der Waals surface area contributed by atoms with Crippen LogP contribution in [-0.4, -0.2) is 47.8 Å². The van der Waals surface area contributed by atoms with E-state index in [4.69, 9.17) is 0 Å². The summed E-state index contributed by atoms with van der Waals surface area (Å²) < 4.78 is 0. The number of hydrogen-bond acceptors (Lipinski definition) is 2. The van der Waals surface area contributed by atoms with Crippen molar-refractivity contribution in [3.05, 3.63) is 68.8 Å². The summed E-state index contributed by atoms with van der Waals surface area (Å²) in [5.74, 6) is 0. The summed E-state index contributed by atoms with van der Waals surface area (Å²) in [7, 11) is 0. The lowest BCUT2D eigenvalue weighted by atomic mass is 9.96. The van der Waals surface area contributed by atoms with Crippen molar-refractivity contribution in [3.63, 3.8) is 0 Å². The van der Waals surface area contributed by atoms with E-state index >= 15 is 0 Å². The third-order valence-electron chi connectivity index (χ3n) is 2.51. The van der Waals surface area contributed by atoms with Crippen LogP contribution in [-0.2, 0) is 0 Å².